The van der Waals surface area contributed by atoms with Crippen molar-refractivity contribution in [1.29, 1.82) is 0 Å². The smallest absolute Gasteiger partial charge is 0.0467 e. The third-order valence-corrected chi connectivity index (χ3v) is 3.48. The van der Waals surface area contributed by atoms with Crippen LogP contribution in [-0.2, 0) is 6.42 Å². The first kappa shape index (κ1) is 11.1. The Balaban J connectivity index is 2.32. The molecule has 1 heterocycles. The van der Waals surface area contributed by atoms with E-state index in [1.54, 1.807) is 0 Å². The molecule has 1 atom stereocenters. The van der Waals surface area contributed by atoms with Gasteiger partial charge in [0.05, 0.1) is 0 Å². The summed E-state index contributed by atoms with van der Waals surface area (Å²) in [5.74, 6) is 1.32. The summed E-state index contributed by atoms with van der Waals surface area (Å²) in [4.78, 5) is 2.34. The number of fused-ring (bicyclic) bond motifs is 1. The third kappa shape index (κ3) is 2.09. The molecule has 0 amide bonds. The van der Waals surface area contributed by atoms with Gasteiger partial charge >= 0.3 is 0 Å². The van der Waals surface area contributed by atoms with E-state index in [2.05, 4.69) is 30.0 Å². The maximum atomic E-state index is 5.98. The molecular weight excluding hydrogens is 229 g/mol. The van der Waals surface area contributed by atoms with Crippen molar-refractivity contribution in [1.82, 2.24) is 0 Å². The lowest BCUT2D eigenvalue weighted by atomic mass is 10.1. The van der Waals surface area contributed by atoms with E-state index in [-0.39, 0.29) is 0 Å². The third-order valence-electron chi connectivity index (χ3n) is 2.95. The fourth-order valence-electron chi connectivity index (χ4n) is 2.21. The topological polar surface area (TPSA) is 3.24 Å². The Morgan fingerprint density at radius 1 is 1.40 bits per heavy atom. The first-order valence-corrected chi connectivity index (χ1v) is 6.31. The summed E-state index contributed by atoms with van der Waals surface area (Å²) in [6.45, 7) is 3.00. The molecule has 0 aromatic heterocycles. The van der Waals surface area contributed by atoms with E-state index in [9.17, 15) is 0 Å². The van der Waals surface area contributed by atoms with Crippen LogP contribution >= 0.6 is 23.2 Å². The van der Waals surface area contributed by atoms with Crippen LogP contribution in [0.4, 0.5) is 5.69 Å². The monoisotopic (exact) mass is 243 g/mol. The number of nitrogens with zero attached hydrogens (tertiary/aromatic N) is 1. The number of alkyl halides is 2. The molecule has 1 aromatic carbocycles. The minimum Gasteiger partial charge on any atom is -0.366 e. The molecule has 1 aliphatic heterocycles. The summed E-state index contributed by atoms with van der Waals surface area (Å²) in [6, 6.07) is 7.02. The van der Waals surface area contributed by atoms with Crippen LogP contribution in [-0.4, -0.2) is 24.3 Å². The van der Waals surface area contributed by atoms with Gasteiger partial charge in [-0.1, -0.05) is 12.1 Å². The number of aryl methyl sites for hydroxylation is 1. The standard InChI is InChI=1S/C12H15Cl2N/c1-9-2-3-10-7-11(8-14)15(5-4-13)12(10)6-9/h2-3,6,11H,4-5,7-8H2,1H3. The van der Waals surface area contributed by atoms with E-state index in [1.165, 1.54) is 16.8 Å². The van der Waals surface area contributed by atoms with Crippen LogP contribution in [0.25, 0.3) is 0 Å². The van der Waals surface area contributed by atoms with Crippen molar-refractivity contribution in [3.63, 3.8) is 0 Å². The molecule has 0 saturated carbocycles. The zero-order valence-corrected chi connectivity index (χ0v) is 10.4. The van der Waals surface area contributed by atoms with Gasteiger partial charge in [-0.15, -0.1) is 23.2 Å². The Kier molecular flexibility index (Phi) is 3.42. The Hall–Kier alpha value is -0.400. The van der Waals surface area contributed by atoms with Gasteiger partial charge in [0.15, 0.2) is 0 Å². The largest absolute Gasteiger partial charge is 0.366 e. The molecule has 3 heteroatoms. The van der Waals surface area contributed by atoms with Crippen molar-refractivity contribution >= 4 is 28.9 Å². The second kappa shape index (κ2) is 4.63. The Labute approximate surface area is 101 Å². The number of rotatable bonds is 3. The molecule has 1 unspecified atom stereocenters. The Morgan fingerprint density at radius 2 is 2.20 bits per heavy atom. The van der Waals surface area contributed by atoms with Gasteiger partial charge < -0.3 is 4.90 Å². The molecule has 0 radical (unpaired) electrons. The van der Waals surface area contributed by atoms with Crippen LogP contribution in [0, 0.1) is 6.92 Å². The van der Waals surface area contributed by atoms with Crippen molar-refractivity contribution in [2.45, 2.75) is 19.4 Å². The van der Waals surface area contributed by atoms with Crippen LogP contribution in [0.5, 0.6) is 0 Å². The second-order valence-corrected chi connectivity index (χ2v) is 4.71. The molecule has 0 aliphatic carbocycles. The molecule has 0 spiro atoms. The number of hydrogen-bond donors (Lipinski definition) is 0. The molecule has 82 valence electrons. The fraction of sp³-hybridized carbons (Fsp3) is 0.500. The molecule has 1 aliphatic rings. The lowest BCUT2D eigenvalue weighted by molar-refractivity contribution is 0.698. The average Bonchev–Trinajstić information content (AvgIpc) is 2.57. The summed E-state index contributed by atoms with van der Waals surface area (Å²) in [7, 11) is 0. The molecule has 0 N–H and O–H groups in total. The molecule has 2 rings (SSSR count). The van der Waals surface area contributed by atoms with Crippen LogP contribution < -0.4 is 4.90 Å². The second-order valence-electron chi connectivity index (χ2n) is 4.03. The van der Waals surface area contributed by atoms with Crippen molar-refractivity contribution in [2.24, 2.45) is 0 Å². The highest BCUT2D eigenvalue weighted by Gasteiger charge is 2.27. The lowest BCUT2D eigenvalue weighted by Crippen LogP contribution is -2.34. The molecule has 0 fully saturated rings. The van der Waals surface area contributed by atoms with E-state index >= 15 is 0 Å². The minimum absolute atomic E-state index is 0.419. The van der Waals surface area contributed by atoms with Crippen molar-refractivity contribution in [3.8, 4) is 0 Å². The van der Waals surface area contributed by atoms with Crippen LogP contribution in [0.1, 0.15) is 11.1 Å². The number of anilines is 1. The zero-order chi connectivity index (χ0) is 10.8. The summed E-state index contributed by atoms with van der Waals surface area (Å²) in [6.07, 6.45) is 1.05. The van der Waals surface area contributed by atoms with Crippen molar-refractivity contribution in [2.75, 3.05) is 23.2 Å². The first-order chi connectivity index (χ1) is 7.26. The van der Waals surface area contributed by atoms with Gasteiger partial charge in [-0.3, -0.25) is 0 Å². The average molecular weight is 244 g/mol. The van der Waals surface area contributed by atoms with Crippen LogP contribution in [0.2, 0.25) is 0 Å². The van der Waals surface area contributed by atoms with E-state index in [4.69, 9.17) is 23.2 Å². The van der Waals surface area contributed by atoms with E-state index in [0.717, 1.165) is 13.0 Å². The Bertz CT molecular complexity index is 351. The Morgan fingerprint density at radius 3 is 2.87 bits per heavy atom. The molecule has 0 bridgehead atoms. The van der Waals surface area contributed by atoms with Gasteiger partial charge in [0.25, 0.3) is 0 Å². The summed E-state index contributed by atoms with van der Waals surface area (Å²) in [5.41, 5.74) is 4.02. The SMILES string of the molecule is Cc1ccc2c(c1)N(CCCl)C(CCl)C2. The molecule has 0 saturated heterocycles. The number of benzene rings is 1. The predicted molar refractivity (Wildman–Crippen MR) is 67.5 cm³/mol. The highest BCUT2D eigenvalue weighted by molar-refractivity contribution is 6.19. The summed E-state index contributed by atoms with van der Waals surface area (Å²) in [5, 5.41) is 0. The number of hydrogen-bond acceptors (Lipinski definition) is 1. The van der Waals surface area contributed by atoms with Gasteiger partial charge in [-0.25, -0.2) is 0 Å². The predicted octanol–water partition coefficient (Wildman–Crippen LogP) is 3.20. The first-order valence-electron chi connectivity index (χ1n) is 5.24. The lowest BCUT2D eigenvalue weighted by Gasteiger charge is -2.25. The summed E-state index contributed by atoms with van der Waals surface area (Å²) < 4.78 is 0. The quantitative estimate of drug-likeness (QED) is 0.738. The molecule has 1 nitrogen and oxygen atoms in total. The van der Waals surface area contributed by atoms with Gasteiger partial charge in [-0.2, -0.15) is 0 Å². The van der Waals surface area contributed by atoms with Crippen molar-refractivity contribution < 1.29 is 0 Å². The van der Waals surface area contributed by atoms with Gasteiger partial charge in [0, 0.05) is 30.0 Å². The van der Waals surface area contributed by atoms with Gasteiger partial charge in [-0.05, 0) is 30.5 Å². The van der Waals surface area contributed by atoms with E-state index in [0.29, 0.717) is 17.8 Å². The normalized spacial score (nSPS) is 19.4. The number of halogens is 2. The maximum absolute atomic E-state index is 5.98. The van der Waals surface area contributed by atoms with E-state index < -0.39 is 0 Å². The minimum atomic E-state index is 0.419. The van der Waals surface area contributed by atoms with Gasteiger partial charge in [0.1, 0.15) is 0 Å². The van der Waals surface area contributed by atoms with Crippen LogP contribution in [0.3, 0.4) is 0 Å². The fourth-order valence-corrected chi connectivity index (χ4v) is 2.66. The van der Waals surface area contributed by atoms with E-state index in [1.807, 2.05) is 0 Å². The molecule has 1 aromatic rings. The molecule has 15 heavy (non-hydrogen) atoms. The molecular formula is C12H15Cl2N. The summed E-state index contributed by atoms with van der Waals surface area (Å²) >= 11 is 11.8. The highest BCUT2D eigenvalue weighted by Crippen LogP contribution is 2.33. The van der Waals surface area contributed by atoms with Crippen LogP contribution in [0.15, 0.2) is 18.2 Å². The zero-order valence-electron chi connectivity index (χ0n) is 8.84. The van der Waals surface area contributed by atoms with Gasteiger partial charge in [0.2, 0.25) is 0 Å². The highest BCUT2D eigenvalue weighted by atomic mass is 35.5. The van der Waals surface area contributed by atoms with Crippen molar-refractivity contribution in [3.05, 3.63) is 29.3 Å². The maximum Gasteiger partial charge on any atom is 0.0467 e.